The number of ether oxygens (including phenoxy) is 2. The van der Waals surface area contributed by atoms with E-state index in [1.807, 2.05) is 0 Å². The summed E-state index contributed by atoms with van der Waals surface area (Å²) in [7, 11) is -3.84. The zero-order valence-electron chi connectivity index (χ0n) is 16.7. The zero-order valence-corrected chi connectivity index (χ0v) is 17.5. The number of aliphatic hydroxyl groups excluding tert-OH is 1. The predicted octanol–water partition coefficient (Wildman–Crippen LogP) is -0.832. The van der Waals surface area contributed by atoms with Crippen molar-refractivity contribution in [3.05, 3.63) is 0 Å². The molecule has 1 rings (SSSR count). The number of aliphatic hydroxyl groups is 1. The molecule has 28 heavy (non-hydrogen) atoms. The molecule has 0 bridgehead atoms. The summed E-state index contributed by atoms with van der Waals surface area (Å²) >= 11 is 0. The van der Waals surface area contributed by atoms with Gasteiger partial charge in [0.05, 0.1) is 31.7 Å². The molecule has 1 fully saturated rings. The van der Waals surface area contributed by atoms with Crippen LogP contribution in [0.15, 0.2) is 0 Å². The molecule has 1 heterocycles. The minimum Gasteiger partial charge on any atom is -0.464 e. The summed E-state index contributed by atoms with van der Waals surface area (Å²) < 4.78 is 39.3. The van der Waals surface area contributed by atoms with Gasteiger partial charge in [0.25, 0.3) is 10.1 Å². The lowest BCUT2D eigenvalue weighted by molar-refractivity contribution is -0.162. The van der Waals surface area contributed by atoms with Crippen LogP contribution in [0.2, 0.25) is 0 Å². The molecule has 1 amide bonds. The predicted molar refractivity (Wildman–Crippen MR) is 101 cm³/mol. The third-order valence-corrected chi connectivity index (χ3v) is 5.47. The highest BCUT2D eigenvalue weighted by molar-refractivity contribution is 7.86. The summed E-state index contributed by atoms with van der Waals surface area (Å²) in [5.74, 6) is -1.35. The van der Waals surface area contributed by atoms with Crippen molar-refractivity contribution >= 4 is 22.0 Å². The van der Waals surface area contributed by atoms with Crippen molar-refractivity contribution in [2.24, 2.45) is 5.41 Å². The van der Waals surface area contributed by atoms with Gasteiger partial charge in [-0.1, -0.05) is 13.8 Å². The summed E-state index contributed by atoms with van der Waals surface area (Å²) in [6.45, 7) is 6.38. The van der Waals surface area contributed by atoms with Crippen LogP contribution < -0.4 is 10.6 Å². The van der Waals surface area contributed by atoms with Gasteiger partial charge < -0.3 is 25.2 Å². The van der Waals surface area contributed by atoms with Crippen LogP contribution in [0, 0.1) is 5.41 Å². The summed E-state index contributed by atoms with van der Waals surface area (Å²) in [4.78, 5) is 22.8. The number of carbonyl (C=O) groups excluding carboxylic acids is 2. The average Bonchev–Trinajstić information content (AvgIpc) is 2.64. The lowest BCUT2D eigenvalue weighted by atomic mass is 9.88. The van der Waals surface area contributed by atoms with E-state index in [2.05, 4.69) is 10.6 Å². The first-order valence-electron chi connectivity index (χ1n) is 9.32. The number of hydrogen-bond donors (Lipinski definition) is 3. The topological polar surface area (TPSA) is 140 Å². The summed E-state index contributed by atoms with van der Waals surface area (Å²) in [5, 5.41) is 15.9. The minimum atomic E-state index is -3.84. The van der Waals surface area contributed by atoms with Crippen LogP contribution in [-0.2, 0) is 33.4 Å². The smallest absolute Gasteiger partial charge is 0.335 e. The second-order valence-corrected chi connectivity index (χ2v) is 9.16. The van der Waals surface area contributed by atoms with Gasteiger partial charge in [0.1, 0.15) is 0 Å². The van der Waals surface area contributed by atoms with E-state index < -0.39 is 27.6 Å². The Bertz CT molecular complexity index is 602. The summed E-state index contributed by atoms with van der Waals surface area (Å²) in [5.41, 5.74) is -1.16. The van der Waals surface area contributed by atoms with Crippen molar-refractivity contribution in [3.63, 3.8) is 0 Å². The Balaban J connectivity index is 2.35. The van der Waals surface area contributed by atoms with Gasteiger partial charge in [-0.3, -0.25) is 8.98 Å². The molecule has 0 radical (unpaired) electrons. The van der Waals surface area contributed by atoms with Crippen molar-refractivity contribution < 1.29 is 36.8 Å². The third-order valence-electron chi connectivity index (χ3n) is 4.21. The highest BCUT2D eigenvalue weighted by atomic mass is 32.2. The molecule has 1 aliphatic heterocycles. The van der Waals surface area contributed by atoms with Gasteiger partial charge in [0, 0.05) is 38.4 Å². The first kappa shape index (κ1) is 24.8. The fourth-order valence-electron chi connectivity index (χ4n) is 2.39. The van der Waals surface area contributed by atoms with Crippen LogP contribution in [0.5, 0.6) is 0 Å². The Morgan fingerprint density at radius 2 is 2.11 bits per heavy atom. The van der Waals surface area contributed by atoms with Gasteiger partial charge >= 0.3 is 5.97 Å². The minimum absolute atomic E-state index is 0.0438. The highest BCUT2D eigenvalue weighted by Gasteiger charge is 2.36. The van der Waals surface area contributed by atoms with Crippen LogP contribution in [-0.4, -0.2) is 82.8 Å². The molecule has 3 N–H and O–H groups in total. The van der Waals surface area contributed by atoms with Gasteiger partial charge in [-0.15, -0.1) is 0 Å². The molecule has 1 aliphatic rings. The van der Waals surface area contributed by atoms with E-state index in [1.54, 1.807) is 0 Å². The maximum Gasteiger partial charge on any atom is 0.335 e. The molecule has 10 nitrogen and oxygen atoms in total. The van der Waals surface area contributed by atoms with Crippen LogP contribution in [0.4, 0.5) is 0 Å². The fraction of sp³-hybridized carbons (Fsp3) is 0.882. The van der Waals surface area contributed by atoms with Crippen molar-refractivity contribution in [1.29, 1.82) is 0 Å². The number of nitrogens with one attached hydrogen (secondary N) is 2. The fourth-order valence-corrected chi connectivity index (χ4v) is 3.49. The molecule has 0 saturated carbocycles. The van der Waals surface area contributed by atoms with Gasteiger partial charge in [0.15, 0.2) is 6.10 Å². The van der Waals surface area contributed by atoms with Gasteiger partial charge in [-0.2, -0.15) is 8.42 Å². The Morgan fingerprint density at radius 3 is 2.71 bits per heavy atom. The number of morpholine rings is 1. The van der Waals surface area contributed by atoms with E-state index in [4.69, 9.17) is 13.7 Å². The van der Waals surface area contributed by atoms with E-state index in [0.29, 0.717) is 19.6 Å². The maximum absolute atomic E-state index is 12.1. The van der Waals surface area contributed by atoms with Crippen molar-refractivity contribution in [2.45, 2.75) is 45.8 Å². The molecule has 0 aromatic heterocycles. The molecular formula is C17H32N2O8S. The molecule has 11 heteroatoms. The van der Waals surface area contributed by atoms with E-state index in [9.17, 15) is 23.1 Å². The van der Waals surface area contributed by atoms with Crippen molar-refractivity contribution in [1.82, 2.24) is 10.6 Å². The average molecular weight is 425 g/mol. The number of carbonyl (C=O) groups is 2. The standard InChI is InChI=1S/C17H32N2O8S/c1-13(20)19-6-4-10-28(23,24)27-12-17(2,3)15(21)16(22)26-8-5-14-11-18-7-9-25-14/h14-15,18,21H,4-12H2,1-3H3,(H,19,20). The zero-order chi connectivity index (χ0) is 21.2. The number of hydrogen-bond acceptors (Lipinski definition) is 9. The van der Waals surface area contributed by atoms with Crippen LogP contribution in [0.25, 0.3) is 0 Å². The lowest BCUT2D eigenvalue weighted by Crippen LogP contribution is -2.42. The Hall–Kier alpha value is -1.27. The van der Waals surface area contributed by atoms with Crippen LogP contribution in [0.3, 0.4) is 0 Å². The second kappa shape index (κ2) is 11.7. The Kier molecular flexibility index (Phi) is 10.3. The lowest BCUT2D eigenvalue weighted by Gasteiger charge is -2.28. The number of rotatable bonds is 12. The highest BCUT2D eigenvalue weighted by Crippen LogP contribution is 2.23. The third kappa shape index (κ3) is 9.78. The van der Waals surface area contributed by atoms with Gasteiger partial charge in [-0.25, -0.2) is 4.79 Å². The van der Waals surface area contributed by atoms with E-state index in [0.717, 1.165) is 6.54 Å². The van der Waals surface area contributed by atoms with E-state index >= 15 is 0 Å². The Labute approximate surface area is 166 Å². The largest absolute Gasteiger partial charge is 0.464 e. The Morgan fingerprint density at radius 1 is 1.39 bits per heavy atom. The number of amides is 1. The summed E-state index contributed by atoms with van der Waals surface area (Å²) in [6, 6.07) is 0. The normalized spacial score (nSPS) is 19.1. The monoisotopic (exact) mass is 424 g/mol. The second-order valence-electron chi connectivity index (χ2n) is 7.40. The molecular weight excluding hydrogens is 392 g/mol. The molecule has 2 unspecified atom stereocenters. The van der Waals surface area contributed by atoms with Crippen molar-refractivity contribution in [3.8, 4) is 0 Å². The van der Waals surface area contributed by atoms with Gasteiger partial charge in [-0.05, 0) is 6.42 Å². The molecule has 0 spiro atoms. The van der Waals surface area contributed by atoms with E-state index in [-0.39, 0.29) is 43.9 Å². The molecule has 1 saturated heterocycles. The molecule has 0 aliphatic carbocycles. The molecule has 0 aromatic carbocycles. The first-order chi connectivity index (χ1) is 13.0. The van der Waals surface area contributed by atoms with Gasteiger partial charge in [0.2, 0.25) is 5.91 Å². The molecule has 164 valence electrons. The number of esters is 1. The quantitative estimate of drug-likeness (QED) is 0.208. The van der Waals surface area contributed by atoms with Crippen LogP contribution >= 0.6 is 0 Å². The first-order valence-corrected chi connectivity index (χ1v) is 10.9. The summed E-state index contributed by atoms with van der Waals surface area (Å²) in [6.07, 6.45) is -0.874. The SMILES string of the molecule is CC(=O)NCCCS(=O)(=O)OCC(C)(C)C(O)C(=O)OCCC1CNCCO1. The molecule has 0 aromatic rings. The van der Waals surface area contributed by atoms with Crippen molar-refractivity contribution in [2.75, 3.05) is 45.2 Å². The molecule has 2 atom stereocenters. The van der Waals surface area contributed by atoms with E-state index in [1.165, 1.54) is 20.8 Å². The van der Waals surface area contributed by atoms with Crippen LogP contribution in [0.1, 0.15) is 33.6 Å². The maximum atomic E-state index is 12.1.